The van der Waals surface area contributed by atoms with Crippen LogP contribution in [0.2, 0.25) is 0 Å². The number of hydrogen-bond acceptors (Lipinski definition) is 5. The van der Waals surface area contributed by atoms with Crippen molar-refractivity contribution < 1.29 is 9.53 Å². The smallest absolute Gasteiger partial charge is 0.270 e. The van der Waals surface area contributed by atoms with Crippen molar-refractivity contribution in [3.05, 3.63) is 46.8 Å². The van der Waals surface area contributed by atoms with Crippen LogP contribution in [0.15, 0.2) is 41.1 Å². The summed E-state index contributed by atoms with van der Waals surface area (Å²) in [6.45, 7) is 0.898. The van der Waals surface area contributed by atoms with E-state index in [0.717, 1.165) is 10.2 Å². The van der Waals surface area contributed by atoms with E-state index in [1.54, 1.807) is 13.2 Å². The van der Waals surface area contributed by atoms with Crippen molar-refractivity contribution in [2.45, 2.75) is 0 Å². The van der Waals surface area contributed by atoms with E-state index in [1.165, 1.54) is 6.33 Å². The van der Waals surface area contributed by atoms with Crippen molar-refractivity contribution in [1.29, 1.82) is 0 Å². The minimum atomic E-state index is -0.256. The first-order valence-corrected chi connectivity index (χ1v) is 7.10. The predicted octanol–water partition coefficient (Wildman–Crippen LogP) is 2.36. The molecule has 0 spiro atoms. The Morgan fingerprint density at radius 1 is 1.29 bits per heavy atom. The summed E-state index contributed by atoms with van der Waals surface area (Å²) in [5.74, 6) is 0.303. The van der Waals surface area contributed by atoms with Gasteiger partial charge in [0.2, 0.25) is 0 Å². The average molecular weight is 351 g/mol. The molecular weight excluding hydrogens is 336 g/mol. The molecule has 1 aromatic heterocycles. The molecule has 7 heteroatoms. The normalized spacial score (nSPS) is 10.2. The fourth-order valence-electron chi connectivity index (χ4n) is 1.59. The Morgan fingerprint density at radius 2 is 2.05 bits per heavy atom. The van der Waals surface area contributed by atoms with Gasteiger partial charge in [-0.1, -0.05) is 15.9 Å². The summed E-state index contributed by atoms with van der Waals surface area (Å²) in [6, 6.07) is 9.25. The minimum absolute atomic E-state index is 0.256. The van der Waals surface area contributed by atoms with E-state index in [9.17, 15) is 4.79 Å². The summed E-state index contributed by atoms with van der Waals surface area (Å²) in [6.07, 6.45) is 1.35. The molecule has 0 aliphatic heterocycles. The zero-order valence-electron chi connectivity index (χ0n) is 11.5. The molecule has 0 aliphatic rings. The summed E-state index contributed by atoms with van der Waals surface area (Å²) >= 11 is 3.37. The molecule has 2 N–H and O–H groups in total. The number of nitrogens with zero attached hydrogens (tertiary/aromatic N) is 2. The zero-order valence-corrected chi connectivity index (χ0v) is 13.1. The maximum Gasteiger partial charge on any atom is 0.270 e. The number of aromatic nitrogens is 2. The van der Waals surface area contributed by atoms with Crippen molar-refractivity contribution in [2.75, 3.05) is 25.6 Å². The second-order valence-electron chi connectivity index (χ2n) is 4.17. The number of amides is 1. The maximum atomic E-state index is 11.9. The Bertz CT molecular complexity index is 604. The van der Waals surface area contributed by atoms with E-state index in [-0.39, 0.29) is 5.91 Å². The third-order valence-corrected chi connectivity index (χ3v) is 3.14. The zero-order chi connectivity index (χ0) is 15.1. The van der Waals surface area contributed by atoms with Crippen molar-refractivity contribution in [2.24, 2.45) is 0 Å². The Balaban J connectivity index is 2.03. The topological polar surface area (TPSA) is 76.1 Å². The summed E-state index contributed by atoms with van der Waals surface area (Å²) < 4.78 is 5.87. The molecule has 0 saturated heterocycles. The van der Waals surface area contributed by atoms with E-state index < -0.39 is 0 Å². The Hall–Kier alpha value is -1.99. The van der Waals surface area contributed by atoms with Crippen molar-refractivity contribution in [3.8, 4) is 0 Å². The third kappa shape index (κ3) is 4.80. The number of carbonyl (C=O) groups is 1. The Labute approximate surface area is 131 Å². The van der Waals surface area contributed by atoms with Crippen LogP contribution in [0.4, 0.5) is 11.5 Å². The van der Waals surface area contributed by atoms with Crippen molar-refractivity contribution in [1.82, 2.24) is 15.3 Å². The maximum absolute atomic E-state index is 11.9. The summed E-state index contributed by atoms with van der Waals surface area (Å²) in [7, 11) is 1.58. The molecular formula is C14H15BrN4O2. The van der Waals surface area contributed by atoms with Gasteiger partial charge < -0.3 is 15.4 Å². The van der Waals surface area contributed by atoms with Gasteiger partial charge in [0.15, 0.2) is 0 Å². The van der Waals surface area contributed by atoms with E-state index in [4.69, 9.17) is 4.74 Å². The average Bonchev–Trinajstić information content (AvgIpc) is 2.50. The van der Waals surface area contributed by atoms with Gasteiger partial charge in [-0.25, -0.2) is 9.97 Å². The molecule has 1 heterocycles. The predicted molar refractivity (Wildman–Crippen MR) is 83.7 cm³/mol. The lowest BCUT2D eigenvalue weighted by Gasteiger charge is -2.07. The largest absolute Gasteiger partial charge is 0.383 e. The van der Waals surface area contributed by atoms with Gasteiger partial charge in [0, 0.05) is 29.9 Å². The van der Waals surface area contributed by atoms with Crippen LogP contribution in [0.25, 0.3) is 0 Å². The number of benzene rings is 1. The molecule has 0 aliphatic carbocycles. The Kier molecular flexibility index (Phi) is 5.65. The molecule has 0 bridgehead atoms. The lowest BCUT2D eigenvalue weighted by atomic mass is 10.3. The Morgan fingerprint density at radius 3 is 2.76 bits per heavy atom. The van der Waals surface area contributed by atoms with E-state index in [1.807, 2.05) is 24.3 Å². The standard InChI is InChI=1S/C14H15BrN4O2/c1-21-7-6-16-14(20)12-8-13(18-9-17-12)19-11-4-2-10(15)3-5-11/h2-5,8-9H,6-7H2,1H3,(H,16,20)(H,17,18,19). The molecule has 0 unspecified atom stereocenters. The number of ether oxygens (including phenoxy) is 1. The fourth-order valence-corrected chi connectivity index (χ4v) is 1.85. The van der Waals surface area contributed by atoms with Crippen LogP contribution in [0.3, 0.4) is 0 Å². The van der Waals surface area contributed by atoms with Gasteiger partial charge in [-0.05, 0) is 24.3 Å². The second-order valence-corrected chi connectivity index (χ2v) is 5.08. The number of anilines is 2. The molecule has 1 aromatic carbocycles. The van der Waals surface area contributed by atoms with Gasteiger partial charge in [-0.3, -0.25) is 4.79 Å². The molecule has 2 aromatic rings. The third-order valence-electron chi connectivity index (χ3n) is 2.61. The van der Waals surface area contributed by atoms with Crippen LogP contribution in [0.5, 0.6) is 0 Å². The fraction of sp³-hybridized carbons (Fsp3) is 0.214. The first kappa shape index (κ1) is 15.4. The van der Waals surface area contributed by atoms with E-state index in [0.29, 0.717) is 24.7 Å². The van der Waals surface area contributed by atoms with Crippen molar-refractivity contribution >= 4 is 33.3 Å². The van der Waals surface area contributed by atoms with E-state index >= 15 is 0 Å². The number of halogens is 1. The molecule has 0 atom stereocenters. The summed E-state index contributed by atoms with van der Waals surface area (Å²) in [5, 5.41) is 5.83. The first-order valence-electron chi connectivity index (χ1n) is 6.31. The van der Waals surface area contributed by atoms with Gasteiger partial charge in [0.05, 0.1) is 6.61 Å². The van der Waals surface area contributed by atoms with Gasteiger partial charge in [0.1, 0.15) is 17.8 Å². The molecule has 0 saturated carbocycles. The highest BCUT2D eigenvalue weighted by Gasteiger charge is 2.08. The quantitative estimate of drug-likeness (QED) is 0.782. The number of carbonyl (C=O) groups excluding carboxylic acids is 1. The molecule has 0 radical (unpaired) electrons. The second kappa shape index (κ2) is 7.70. The van der Waals surface area contributed by atoms with Gasteiger partial charge >= 0.3 is 0 Å². The molecule has 1 amide bonds. The highest BCUT2D eigenvalue weighted by molar-refractivity contribution is 9.10. The SMILES string of the molecule is COCCNC(=O)c1cc(Nc2ccc(Br)cc2)ncn1. The van der Waals surface area contributed by atoms with Crippen LogP contribution in [-0.2, 0) is 4.74 Å². The molecule has 2 rings (SSSR count). The van der Waals surface area contributed by atoms with Gasteiger partial charge in [-0.15, -0.1) is 0 Å². The summed E-state index contributed by atoms with van der Waals surface area (Å²) in [5.41, 5.74) is 1.18. The van der Waals surface area contributed by atoms with Gasteiger partial charge in [-0.2, -0.15) is 0 Å². The highest BCUT2D eigenvalue weighted by Crippen LogP contribution is 2.17. The molecule has 21 heavy (non-hydrogen) atoms. The molecule has 0 fully saturated rings. The lowest BCUT2D eigenvalue weighted by Crippen LogP contribution is -2.27. The number of hydrogen-bond donors (Lipinski definition) is 2. The number of methoxy groups -OCH3 is 1. The minimum Gasteiger partial charge on any atom is -0.383 e. The van der Waals surface area contributed by atoms with Crippen LogP contribution in [0.1, 0.15) is 10.5 Å². The van der Waals surface area contributed by atoms with Crippen LogP contribution >= 0.6 is 15.9 Å². The van der Waals surface area contributed by atoms with E-state index in [2.05, 4.69) is 36.5 Å². The monoisotopic (exact) mass is 350 g/mol. The van der Waals surface area contributed by atoms with Crippen LogP contribution in [0, 0.1) is 0 Å². The van der Waals surface area contributed by atoms with Crippen LogP contribution in [-0.4, -0.2) is 36.1 Å². The van der Waals surface area contributed by atoms with Gasteiger partial charge in [0.25, 0.3) is 5.91 Å². The first-order chi connectivity index (χ1) is 10.2. The molecule has 6 nitrogen and oxygen atoms in total. The highest BCUT2D eigenvalue weighted by atomic mass is 79.9. The number of nitrogens with one attached hydrogen (secondary N) is 2. The van der Waals surface area contributed by atoms with Crippen molar-refractivity contribution in [3.63, 3.8) is 0 Å². The lowest BCUT2D eigenvalue weighted by molar-refractivity contribution is 0.0932. The van der Waals surface area contributed by atoms with Crippen LogP contribution < -0.4 is 10.6 Å². The summed E-state index contributed by atoms with van der Waals surface area (Å²) in [4.78, 5) is 19.9. The molecule has 110 valence electrons. The number of rotatable bonds is 6.